The second kappa shape index (κ2) is 8.93. The molecule has 0 atom stereocenters. The third kappa shape index (κ3) is 4.46. The van der Waals surface area contributed by atoms with Gasteiger partial charge in [-0.15, -0.1) is 0 Å². The van der Waals surface area contributed by atoms with Gasteiger partial charge < -0.3 is 23.8 Å². The lowest BCUT2D eigenvalue weighted by atomic mass is 10.0. The summed E-state index contributed by atoms with van der Waals surface area (Å²) in [7, 11) is 1.39. The van der Waals surface area contributed by atoms with E-state index in [2.05, 4.69) is 5.16 Å². The van der Waals surface area contributed by atoms with Crippen molar-refractivity contribution in [2.45, 2.75) is 6.61 Å². The number of aliphatic carboxylic acids is 1. The van der Waals surface area contributed by atoms with Crippen molar-refractivity contribution in [2.75, 3.05) is 13.7 Å². The van der Waals surface area contributed by atoms with Crippen molar-refractivity contribution < 1.29 is 37.4 Å². The molecule has 0 aliphatic carbocycles. The highest BCUT2D eigenvalue weighted by molar-refractivity contribution is 5.83. The van der Waals surface area contributed by atoms with E-state index < -0.39 is 24.2 Å². The van der Waals surface area contributed by atoms with Crippen molar-refractivity contribution in [2.24, 2.45) is 0 Å². The second-order valence-corrected chi connectivity index (χ2v) is 6.78. The van der Waals surface area contributed by atoms with Crippen LogP contribution in [0.4, 0.5) is 8.78 Å². The van der Waals surface area contributed by atoms with Crippen LogP contribution in [0.15, 0.2) is 59.1 Å². The predicted octanol–water partition coefficient (Wildman–Crippen LogP) is 4.82. The molecular formula is C23H17F2NO6. The first-order valence-electron chi connectivity index (χ1n) is 9.44. The zero-order valence-electron chi connectivity index (χ0n) is 16.8. The maximum Gasteiger partial charge on any atom is 0.341 e. The molecule has 0 saturated carbocycles. The van der Waals surface area contributed by atoms with Crippen LogP contribution in [0.3, 0.4) is 0 Å². The fourth-order valence-electron chi connectivity index (χ4n) is 3.11. The van der Waals surface area contributed by atoms with Gasteiger partial charge in [-0.2, -0.15) is 0 Å². The zero-order valence-corrected chi connectivity index (χ0v) is 16.8. The van der Waals surface area contributed by atoms with E-state index in [1.54, 1.807) is 42.5 Å². The Morgan fingerprint density at radius 1 is 1.03 bits per heavy atom. The van der Waals surface area contributed by atoms with Gasteiger partial charge in [0.25, 0.3) is 5.88 Å². The SMILES string of the molecule is COc1cc(F)c(F)cc1-c1ccc(OCc2ccc3onc(OCC(=O)O)c3c2)cc1. The quantitative estimate of drug-likeness (QED) is 0.419. The number of hydrogen-bond acceptors (Lipinski definition) is 6. The fraction of sp³-hybridized carbons (Fsp3) is 0.130. The summed E-state index contributed by atoms with van der Waals surface area (Å²) in [5, 5.41) is 13.0. The molecule has 0 fully saturated rings. The average Bonchev–Trinajstić information content (AvgIpc) is 3.20. The molecule has 0 saturated heterocycles. The van der Waals surface area contributed by atoms with Crippen molar-refractivity contribution in [1.29, 1.82) is 0 Å². The molecule has 1 aromatic heterocycles. The number of carbonyl (C=O) groups is 1. The van der Waals surface area contributed by atoms with Gasteiger partial charge in [-0.25, -0.2) is 13.6 Å². The molecule has 4 rings (SSSR count). The maximum atomic E-state index is 13.7. The smallest absolute Gasteiger partial charge is 0.341 e. The lowest BCUT2D eigenvalue weighted by molar-refractivity contribution is -0.139. The van der Waals surface area contributed by atoms with Crippen LogP contribution >= 0.6 is 0 Å². The van der Waals surface area contributed by atoms with Gasteiger partial charge in [-0.05, 0) is 46.6 Å². The number of rotatable bonds is 8. The minimum absolute atomic E-state index is 0.0917. The highest BCUT2D eigenvalue weighted by Crippen LogP contribution is 2.33. The topological polar surface area (TPSA) is 91.0 Å². The highest BCUT2D eigenvalue weighted by Gasteiger charge is 2.14. The van der Waals surface area contributed by atoms with Crippen LogP contribution in [0, 0.1) is 11.6 Å². The molecule has 3 aromatic carbocycles. The first-order chi connectivity index (χ1) is 15.4. The Morgan fingerprint density at radius 3 is 2.50 bits per heavy atom. The second-order valence-electron chi connectivity index (χ2n) is 6.78. The van der Waals surface area contributed by atoms with E-state index in [1.165, 1.54) is 7.11 Å². The molecule has 0 bridgehead atoms. The van der Waals surface area contributed by atoms with E-state index in [1.807, 2.05) is 0 Å². The summed E-state index contributed by atoms with van der Waals surface area (Å²) in [6.45, 7) is -0.315. The van der Waals surface area contributed by atoms with Crippen molar-refractivity contribution in [1.82, 2.24) is 5.16 Å². The van der Waals surface area contributed by atoms with E-state index in [-0.39, 0.29) is 18.2 Å². The number of halogens is 2. The molecule has 0 aliphatic heterocycles. The molecule has 0 amide bonds. The van der Waals surface area contributed by atoms with Crippen molar-refractivity contribution in [3.05, 3.63) is 71.8 Å². The van der Waals surface area contributed by atoms with Gasteiger partial charge in [0.15, 0.2) is 23.8 Å². The normalized spacial score (nSPS) is 10.8. The van der Waals surface area contributed by atoms with Gasteiger partial charge in [-0.1, -0.05) is 18.2 Å². The summed E-state index contributed by atoms with van der Waals surface area (Å²) in [6, 6.07) is 14.1. The van der Waals surface area contributed by atoms with Crippen LogP contribution < -0.4 is 14.2 Å². The van der Waals surface area contributed by atoms with Crippen LogP contribution in [0.25, 0.3) is 22.1 Å². The Hall–Kier alpha value is -4.14. The van der Waals surface area contributed by atoms with Crippen LogP contribution in [-0.4, -0.2) is 29.9 Å². The Kier molecular flexibility index (Phi) is 5.89. The van der Waals surface area contributed by atoms with E-state index >= 15 is 0 Å². The van der Waals surface area contributed by atoms with E-state index in [9.17, 15) is 13.6 Å². The molecule has 7 nitrogen and oxygen atoms in total. The number of aromatic nitrogens is 1. The Bertz CT molecular complexity index is 1270. The lowest BCUT2D eigenvalue weighted by Gasteiger charge is -2.11. The monoisotopic (exact) mass is 441 g/mol. The van der Waals surface area contributed by atoms with Gasteiger partial charge >= 0.3 is 5.97 Å². The summed E-state index contributed by atoms with van der Waals surface area (Å²) >= 11 is 0. The van der Waals surface area contributed by atoms with Crippen molar-refractivity contribution in [3.8, 4) is 28.5 Å². The highest BCUT2D eigenvalue weighted by atomic mass is 19.2. The third-order valence-electron chi connectivity index (χ3n) is 4.65. The van der Waals surface area contributed by atoms with Gasteiger partial charge in [0, 0.05) is 11.6 Å². The molecule has 1 N–H and O–H groups in total. The molecule has 1 heterocycles. The first-order valence-corrected chi connectivity index (χ1v) is 9.44. The van der Waals surface area contributed by atoms with Crippen LogP contribution in [0.5, 0.6) is 17.4 Å². The molecule has 0 unspecified atom stereocenters. The Morgan fingerprint density at radius 2 is 1.78 bits per heavy atom. The summed E-state index contributed by atoms with van der Waals surface area (Å²) < 4.78 is 48.3. The van der Waals surface area contributed by atoms with Crippen LogP contribution in [0.1, 0.15) is 5.56 Å². The Balaban J connectivity index is 1.48. The standard InChI is InChI=1S/C23H17F2NO6/c1-29-21-10-19(25)18(24)9-16(21)14-3-5-15(6-4-14)30-11-13-2-7-20-17(8-13)23(26-32-20)31-12-22(27)28/h2-10H,11-12H2,1H3,(H,27,28). The first kappa shape index (κ1) is 21.1. The number of methoxy groups -OCH3 is 1. The molecule has 0 radical (unpaired) electrons. The van der Waals surface area contributed by atoms with E-state index in [0.717, 1.165) is 17.7 Å². The molecule has 164 valence electrons. The van der Waals surface area contributed by atoms with Gasteiger partial charge in [-0.3, -0.25) is 0 Å². The third-order valence-corrected chi connectivity index (χ3v) is 4.65. The minimum atomic E-state index is -1.12. The van der Waals surface area contributed by atoms with E-state index in [4.69, 9.17) is 23.8 Å². The number of carboxylic acids is 1. The van der Waals surface area contributed by atoms with Crippen molar-refractivity contribution >= 4 is 16.9 Å². The molecular weight excluding hydrogens is 424 g/mol. The maximum absolute atomic E-state index is 13.7. The summed E-state index contributed by atoms with van der Waals surface area (Å²) in [5.74, 6) is -2.19. The number of fused-ring (bicyclic) bond motifs is 1. The molecule has 0 spiro atoms. The van der Waals surface area contributed by atoms with Gasteiger partial charge in [0.1, 0.15) is 18.1 Å². The number of nitrogens with zero attached hydrogens (tertiary/aromatic N) is 1. The number of carboxylic acid groups (broad SMARTS) is 1. The van der Waals surface area contributed by atoms with Crippen molar-refractivity contribution in [3.63, 3.8) is 0 Å². The fourth-order valence-corrected chi connectivity index (χ4v) is 3.11. The molecule has 4 aromatic rings. The van der Waals surface area contributed by atoms with Gasteiger partial charge in [0.05, 0.1) is 12.5 Å². The zero-order chi connectivity index (χ0) is 22.7. The largest absolute Gasteiger partial charge is 0.496 e. The predicted molar refractivity (Wildman–Crippen MR) is 110 cm³/mol. The van der Waals surface area contributed by atoms with Crippen LogP contribution in [0.2, 0.25) is 0 Å². The number of hydrogen-bond donors (Lipinski definition) is 1. The number of ether oxygens (including phenoxy) is 3. The average molecular weight is 441 g/mol. The Labute approximate surface area is 180 Å². The minimum Gasteiger partial charge on any atom is -0.496 e. The number of benzene rings is 3. The molecule has 0 aliphatic rings. The van der Waals surface area contributed by atoms with Crippen LogP contribution in [-0.2, 0) is 11.4 Å². The molecule has 9 heteroatoms. The summed E-state index contributed by atoms with van der Waals surface area (Å²) in [5.41, 5.74) is 2.30. The molecule has 32 heavy (non-hydrogen) atoms. The van der Waals surface area contributed by atoms with E-state index in [0.29, 0.717) is 27.8 Å². The summed E-state index contributed by atoms with van der Waals surface area (Å²) in [4.78, 5) is 10.7. The summed E-state index contributed by atoms with van der Waals surface area (Å²) in [6.07, 6.45) is 0. The van der Waals surface area contributed by atoms with Gasteiger partial charge in [0.2, 0.25) is 0 Å². The lowest BCUT2D eigenvalue weighted by Crippen LogP contribution is -2.09.